The average Bonchev–Trinajstić information content (AvgIpc) is 2.86. The Balaban J connectivity index is 1.24. The molecular weight excluding hydrogens is 468 g/mol. The molecule has 0 bridgehead atoms. The number of likely N-dealkylation sites (tertiary alicyclic amines) is 1. The molecule has 2 heterocycles. The summed E-state index contributed by atoms with van der Waals surface area (Å²) >= 11 is 0. The van der Waals surface area contributed by atoms with Crippen LogP contribution in [0.4, 0.5) is 8.78 Å². The molecule has 2 aromatic rings. The van der Waals surface area contributed by atoms with Gasteiger partial charge in [0, 0.05) is 50.3 Å². The molecular formula is C27H31F2N3O4. The largest absolute Gasteiger partial charge is 0.372 e. The first-order valence-electron chi connectivity index (χ1n) is 12.3. The molecule has 2 unspecified atom stereocenters. The zero-order valence-electron chi connectivity index (χ0n) is 20.5. The molecule has 0 aliphatic carbocycles. The monoisotopic (exact) mass is 499 g/mol. The van der Waals surface area contributed by atoms with Crippen LogP contribution in [0.3, 0.4) is 0 Å². The Morgan fingerprint density at radius 3 is 2.17 bits per heavy atom. The maximum atomic E-state index is 13.9. The summed E-state index contributed by atoms with van der Waals surface area (Å²) in [5.41, 5.74) is 1.31. The molecule has 9 heteroatoms. The maximum absolute atomic E-state index is 13.9. The highest BCUT2D eigenvalue weighted by Gasteiger charge is 2.29. The summed E-state index contributed by atoms with van der Waals surface area (Å²) in [5.74, 6) is -2.51. The lowest BCUT2D eigenvalue weighted by Crippen LogP contribution is -2.48. The van der Waals surface area contributed by atoms with Gasteiger partial charge in [0.2, 0.25) is 5.91 Å². The molecule has 2 saturated heterocycles. The number of carbonyl (C=O) groups excluding carboxylic acids is 3. The molecule has 36 heavy (non-hydrogen) atoms. The van der Waals surface area contributed by atoms with E-state index in [-0.39, 0.29) is 35.5 Å². The quantitative estimate of drug-likeness (QED) is 0.684. The molecule has 192 valence electrons. The first-order chi connectivity index (χ1) is 17.2. The minimum Gasteiger partial charge on any atom is -0.372 e. The molecule has 2 aromatic carbocycles. The van der Waals surface area contributed by atoms with E-state index in [1.807, 2.05) is 26.0 Å². The van der Waals surface area contributed by atoms with Gasteiger partial charge in [0.15, 0.2) is 0 Å². The zero-order valence-corrected chi connectivity index (χ0v) is 20.5. The Kier molecular flexibility index (Phi) is 7.98. The highest BCUT2D eigenvalue weighted by Crippen LogP contribution is 2.21. The number of nitrogens with zero attached hydrogens (tertiary/aromatic N) is 2. The van der Waals surface area contributed by atoms with Gasteiger partial charge in [0.25, 0.3) is 11.8 Å². The van der Waals surface area contributed by atoms with E-state index in [1.54, 1.807) is 17.0 Å². The molecule has 0 radical (unpaired) electrons. The fourth-order valence-electron chi connectivity index (χ4n) is 4.80. The standard InChI is InChI=1S/C27H31F2N3O4/c1-17-15-32(16-18(2)36-17)26(34)21-5-3-19(4-6-21)14-30-25(33)20-9-11-31(12-10-20)27(35)23-8-7-22(28)13-24(23)29/h3-8,13,17-18,20H,9-12,14-16H2,1-2H3,(H,30,33). The number of piperidine rings is 1. The van der Waals surface area contributed by atoms with Gasteiger partial charge in [-0.1, -0.05) is 12.1 Å². The lowest BCUT2D eigenvalue weighted by molar-refractivity contribution is -0.126. The minimum atomic E-state index is -0.887. The zero-order chi connectivity index (χ0) is 25.8. The van der Waals surface area contributed by atoms with Gasteiger partial charge in [-0.05, 0) is 56.5 Å². The van der Waals surface area contributed by atoms with Gasteiger partial charge in [-0.15, -0.1) is 0 Å². The van der Waals surface area contributed by atoms with Crippen molar-refractivity contribution >= 4 is 17.7 Å². The summed E-state index contributed by atoms with van der Waals surface area (Å²) in [6, 6.07) is 10.1. The van der Waals surface area contributed by atoms with Crippen LogP contribution >= 0.6 is 0 Å². The summed E-state index contributed by atoms with van der Waals surface area (Å²) in [6.07, 6.45) is 0.927. The summed E-state index contributed by atoms with van der Waals surface area (Å²) < 4.78 is 32.7. The maximum Gasteiger partial charge on any atom is 0.256 e. The number of benzene rings is 2. The number of rotatable bonds is 5. The first-order valence-corrected chi connectivity index (χ1v) is 12.3. The van der Waals surface area contributed by atoms with E-state index >= 15 is 0 Å². The molecule has 2 aliphatic heterocycles. The van der Waals surface area contributed by atoms with Gasteiger partial charge in [-0.25, -0.2) is 8.78 Å². The van der Waals surface area contributed by atoms with E-state index < -0.39 is 17.5 Å². The second kappa shape index (κ2) is 11.2. The van der Waals surface area contributed by atoms with Crippen LogP contribution in [0.1, 0.15) is 53.0 Å². The van der Waals surface area contributed by atoms with Gasteiger partial charge >= 0.3 is 0 Å². The topological polar surface area (TPSA) is 79.0 Å². The Hall–Kier alpha value is -3.33. The Bertz CT molecular complexity index is 1110. The Morgan fingerprint density at radius 1 is 0.917 bits per heavy atom. The van der Waals surface area contributed by atoms with Crippen LogP contribution in [0, 0.1) is 17.6 Å². The number of morpholine rings is 1. The van der Waals surface area contributed by atoms with Crippen LogP contribution in [0.25, 0.3) is 0 Å². The molecule has 0 aromatic heterocycles. The van der Waals surface area contributed by atoms with E-state index in [1.165, 1.54) is 4.90 Å². The summed E-state index contributed by atoms with van der Waals surface area (Å²) in [7, 11) is 0. The molecule has 2 atom stereocenters. The second-order valence-corrected chi connectivity index (χ2v) is 9.57. The van der Waals surface area contributed by atoms with E-state index in [4.69, 9.17) is 4.74 Å². The van der Waals surface area contributed by atoms with Crippen molar-refractivity contribution in [2.75, 3.05) is 26.2 Å². The average molecular weight is 500 g/mol. The molecule has 7 nitrogen and oxygen atoms in total. The van der Waals surface area contributed by atoms with Crippen LogP contribution in [0.2, 0.25) is 0 Å². The molecule has 2 fully saturated rings. The van der Waals surface area contributed by atoms with Gasteiger partial charge in [0.1, 0.15) is 11.6 Å². The summed E-state index contributed by atoms with van der Waals surface area (Å²) in [4.78, 5) is 41.3. The number of ether oxygens (including phenoxy) is 1. The van der Waals surface area contributed by atoms with Crippen molar-refractivity contribution in [3.8, 4) is 0 Å². The van der Waals surface area contributed by atoms with E-state index in [9.17, 15) is 23.2 Å². The van der Waals surface area contributed by atoms with Gasteiger partial charge in [0.05, 0.1) is 17.8 Å². The molecule has 0 spiro atoms. The molecule has 4 rings (SSSR count). The Morgan fingerprint density at radius 2 is 1.56 bits per heavy atom. The number of halogens is 2. The lowest BCUT2D eigenvalue weighted by atomic mass is 9.95. The third-order valence-electron chi connectivity index (χ3n) is 6.69. The van der Waals surface area contributed by atoms with Crippen molar-refractivity contribution in [1.82, 2.24) is 15.1 Å². The fourth-order valence-corrected chi connectivity index (χ4v) is 4.80. The lowest BCUT2D eigenvalue weighted by Gasteiger charge is -2.35. The Labute approximate surface area is 209 Å². The van der Waals surface area contributed by atoms with Crippen molar-refractivity contribution in [1.29, 1.82) is 0 Å². The number of amides is 3. The van der Waals surface area contributed by atoms with Crippen molar-refractivity contribution in [2.24, 2.45) is 5.92 Å². The normalized spacial score (nSPS) is 20.8. The van der Waals surface area contributed by atoms with Gasteiger partial charge in [-0.2, -0.15) is 0 Å². The predicted molar refractivity (Wildman–Crippen MR) is 129 cm³/mol. The van der Waals surface area contributed by atoms with Crippen LogP contribution in [-0.4, -0.2) is 65.9 Å². The van der Waals surface area contributed by atoms with Crippen molar-refractivity contribution in [3.05, 3.63) is 70.8 Å². The van der Waals surface area contributed by atoms with E-state index in [0.29, 0.717) is 57.2 Å². The predicted octanol–water partition coefficient (Wildman–Crippen LogP) is 3.38. The minimum absolute atomic E-state index is 0.00116. The molecule has 0 saturated carbocycles. The molecule has 1 N–H and O–H groups in total. The number of nitrogens with one attached hydrogen (secondary N) is 1. The third kappa shape index (κ3) is 6.07. The smallest absolute Gasteiger partial charge is 0.256 e. The SMILES string of the molecule is CC1CN(C(=O)c2ccc(CNC(=O)C3CCN(C(=O)c4ccc(F)cc4F)CC3)cc2)CC(C)O1. The van der Waals surface area contributed by atoms with Crippen LogP contribution in [0.15, 0.2) is 42.5 Å². The fraction of sp³-hybridized carbons (Fsp3) is 0.444. The third-order valence-corrected chi connectivity index (χ3v) is 6.69. The second-order valence-electron chi connectivity index (χ2n) is 9.57. The van der Waals surface area contributed by atoms with E-state index in [0.717, 1.165) is 17.7 Å². The summed E-state index contributed by atoms with van der Waals surface area (Å²) in [6.45, 7) is 6.00. The number of carbonyl (C=O) groups is 3. The highest BCUT2D eigenvalue weighted by atomic mass is 19.1. The first kappa shape index (κ1) is 25.8. The van der Waals surface area contributed by atoms with Gasteiger partial charge in [-0.3, -0.25) is 14.4 Å². The molecule has 3 amide bonds. The molecule has 2 aliphatic rings. The number of hydrogen-bond donors (Lipinski definition) is 1. The summed E-state index contributed by atoms with van der Waals surface area (Å²) in [5, 5.41) is 2.93. The van der Waals surface area contributed by atoms with Crippen molar-refractivity contribution in [3.63, 3.8) is 0 Å². The number of hydrogen-bond acceptors (Lipinski definition) is 4. The van der Waals surface area contributed by atoms with Crippen molar-refractivity contribution < 1.29 is 27.9 Å². The van der Waals surface area contributed by atoms with Gasteiger partial charge < -0.3 is 19.9 Å². The van der Waals surface area contributed by atoms with Crippen LogP contribution in [0.5, 0.6) is 0 Å². The van der Waals surface area contributed by atoms with Crippen LogP contribution in [-0.2, 0) is 16.1 Å². The van der Waals surface area contributed by atoms with Crippen molar-refractivity contribution in [2.45, 2.75) is 45.4 Å². The van der Waals surface area contributed by atoms with Crippen LogP contribution < -0.4 is 5.32 Å². The highest BCUT2D eigenvalue weighted by molar-refractivity contribution is 5.95. The van der Waals surface area contributed by atoms with E-state index in [2.05, 4.69) is 5.32 Å².